The Balaban J connectivity index is 2.81. The SMILES string of the molecule is CCOP(=O)(OCC)C(C)(C)C/C(C)=N\NC(=O)c1ccc([N+](=O)[O-])cc1. The number of non-ortho nitro benzene ring substituents is 1. The lowest BCUT2D eigenvalue weighted by molar-refractivity contribution is -0.384. The summed E-state index contributed by atoms with van der Waals surface area (Å²) in [5.41, 5.74) is 3.07. The van der Waals surface area contributed by atoms with Crippen molar-refractivity contribution in [1.29, 1.82) is 0 Å². The summed E-state index contributed by atoms with van der Waals surface area (Å²) in [5.74, 6) is -0.500. The van der Waals surface area contributed by atoms with E-state index in [2.05, 4.69) is 10.5 Å². The second-order valence-electron chi connectivity index (χ2n) is 6.41. The lowest BCUT2D eigenvalue weighted by Crippen LogP contribution is -2.28. The van der Waals surface area contributed by atoms with Gasteiger partial charge in [-0.25, -0.2) is 5.43 Å². The zero-order valence-electron chi connectivity index (χ0n) is 16.2. The molecule has 1 N–H and O–H groups in total. The summed E-state index contributed by atoms with van der Waals surface area (Å²) in [7, 11) is -3.35. The standard InChI is InChI=1S/C17H26N3O6P/c1-6-25-27(24,26-7-2)17(4,5)12-13(3)18-19-16(21)14-8-10-15(11-9-14)20(22)23/h8-11H,6-7,12H2,1-5H3,(H,19,21)/b18-13-. The van der Waals surface area contributed by atoms with Gasteiger partial charge in [-0.3, -0.25) is 19.5 Å². The van der Waals surface area contributed by atoms with Crippen molar-refractivity contribution < 1.29 is 23.3 Å². The summed E-state index contributed by atoms with van der Waals surface area (Å²) in [6.45, 7) is 9.22. The zero-order chi connectivity index (χ0) is 20.7. The third kappa shape index (κ3) is 6.23. The van der Waals surface area contributed by atoms with E-state index in [9.17, 15) is 19.5 Å². The van der Waals surface area contributed by atoms with Crippen LogP contribution in [0.15, 0.2) is 29.4 Å². The predicted octanol–water partition coefficient (Wildman–Crippen LogP) is 4.14. The highest BCUT2D eigenvalue weighted by molar-refractivity contribution is 7.55. The zero-order valence-corrected chi connectivity index (χ0v) is 17.1. The molecule has 0 saturated carbocycles. The minimum Gasteiger partial charge on any atom is -0.308 e. The van der Waals surface area contributed by atoms with Crippen LogP contribution in [-0.2, 0) is 13.6 Å². The number of hydrazone groups is 1. The Hall–Kier alpha value is -2.09. The molecule has 1 aromatic carbocycles. The Bertz CT molecular complexity index is 736. The molecule has 27 heavy (non-hydrogen) atoms. The van der Waals surface area contributed by atoms with Crippen molar-refractivity contribution in [2.24, 2.45) is 5.10 Å². The number of nitro benzene ring substituents is 1. The first-order valence-corrected chi connectivity index (χ1v) is 10.1. The number of carbonyl (C=O) groups is 1. The van der Waals surface area contributed by atoms with Gasteiger partial charge in [-0.2, -0.15) is 5.10 Å². The molecule has 0 aliphatic rings. The maximum absolute atomic E-state index is 13.0. The first-order valence-electron chi connectivity index (χ1n) is 8.53. The van der Waals surface area contributed by atoms with Crippen molar-refractivity contribution in [3.8, 4) is 0 Å². The Labute approximate surface area is 158 Å². The number of nitrogens with zero attached hydrogens (tertiary/aromatic N) is 2. The summed E-state index contributed by atoms with van der Waals surface area (Å²) in [6, 6.07) is 5.19. The normalized spacial score (nSPS) is 12.7. The number of carbonyl (C=O) groups excluding carboxylic acids is 1. The second-order valence-corrected chi connectivity index (χ2v) is 9.14. The number of hydrogen-bond donors (Lipinski definition) is 1. The molecule has 0 fully saturated rings. The monoisotopic (exact) mass is 399 g/mol. The van der Waals surface area contributed by atoms with Crippen LogP contribution in [0, 0.1) is 10.1 Å². The fraction of sp³-hybridized carbons (Fsp3) is 0.529. The van der Waals surface area contributed by atoms with E-state index in [1.54, 1.807) is 34.6 Å². The summed E-state index contributed by atoms with van der Waals surface area (Å²) in [5, 5.41) is 13.8. The highest BCUT2D eigenvalue weighted by Crippen LogP contribution is 2.61. The summed E-state index contributed by atoms with van der Waals surface area (Å²) in [6.07, 6.45) is 0.283. The topological polar surface area (TPSA) is 120 Å². The quantitative estimate of drug-likeness (QED) is 0.273. The number of amides is 1. The van der Waals surface area contributed by atoms with Gasteiger partial charge in [0.15, 0.2) is 0 Å². The van der Waals surface area contributed by atoms with Crippen molar-refractivity contribution in [3.63, 3.8) is 0 Å². The highest BCUT2D eigenvalue weighted by Gasteiger charge is 2.43. The first-order chi connectivity index (χ1) is 12.6. The fourth-order valence-corrected chi connectivity index (χ4v) is 4.31. The molecule has 1 aromatic rings. The second kappa shape index (κ2) is 9.73. The van der Waals surface area contributed by atoms with Crippen LogP contribution in [0.5, 0.6) is 0 Å². The van der Waals surface area contributed by atoms with Gasteiger partial charge in [0.1, 0.15) is 0 Å². The largest absolute Gasteiger partial charge is 0.336 e. The van der Waals surface area contributed by atoms with Crippen molar-refractivity contribution in [3.05, 3.63) is 39.9 Å². The van der Waals surface area contributed by atoms with Crippen LogP contribution >= 0.6 is 7.60 Å². The molecular formula is C17H26N3O6P. The van der Waals surface area contributed by atoms with Crippen LogP contribution in [0.2, 0.25) is 0 Å². The Morgan fingerprint density at radius 2 is 1.74 bits per heavy atom. The van der Waals surface area contributed by atoms with E-state index in [1.165, 1.54) is 24.3 Å². The van der Waals surface area contributed by atoms with Crippen molar-refractivity contribution in [1.82, 2.24) is 5.43 Å². The molecule has 0 aliphatic heterocycles. The van der Waals surface area contributed by atoms with E-state index in [4.69, 9.17) is 9.05 Å². The third-order valence-corrected chi connectivity index (χ3v) is 6.55. The van der Waals surface area contributed by atoms with Crippen LogP contribution in [0.1, 0.15) is 51.4 Å². The average molecular weight is 399 g/mol. The van der Waals surface area contributed by atoms with Gasteiger partial charge in [0.2, 0.25) is 0 Å². The van der Waals surface area contributed by atoms with Gasteiger partial charge in [0.05, 0.1) is 23.3 Å². The lowest BCUT2D eigenvalue weighted by atomic mass is 10.1. The number of nitrogens with one attached hydrogen (secondary N) is 1. The number of benzene rings is 1. The van der Waals surface area contributed by atoms with Gasteiger partial charge >= 0.3 is 7.60 Å². The van der Waals surface area contributed by atoms with E-state index < -0.39 is 23.6 Å². The molecule has 150 valence electrons. The van der Waals surface area contributed by atoms with Gasteiger partial charge in [-0.05, 0) is 46.8 Å². The number of nitro groups is 1. The van der Waals surface area contributed by atoms with Crippen molar-refractivity contribution in [2.45, 2.75) is 46.2 Å². The molecule has 0 heterocycles. The Morgan fingerprint density at radius 1 is 1.22 bits per heavy atom. The molecule has 9 nitrogen and oxygen atoms in total. The number of rotatable bonds is 10. The maximum atomic E-state index is 13.0. The van der Waals surface area contributed by atoms with Crippen molar-refractivity contribution in [2.75, 3.05) is 13.2 Å². The molecule has 0 bridgehead atoms. The Morgan fingerprint density at radius 3 is 2.19 bits per heavy atom. The molecule has 0 aliphatic carbocycles. The van der Waals surface area contributed by atoms with Crippen LogP contribution in [0.3, 0.4) is 0 Å². The van der Waals surface area contributed by atoms with Gasteiger partial charge in [0.25, 0.3) is 11.6 Å². The maximum Gasteiger partial charge on any atom is 0.336 e. The third-order valence-electron chi connectivity index (χ3n) is 3.72. The average Bonchev–Trinajstić information content (AvgIpc) is 2.59. The minimum atomic E-state index is -3.35. The predicted molar refractivity (Wildman–Crippen MR) is 103 cm³/mol. The van der Waals surface area contributed by atoms with Gasteiger partial charge in [-0.15, -0.1) is 0 Å². The fourth-order valence-electron chi connectivity index (χ4n) is 2.43. The first kappa shape index (κ1) is 23.0. The van der Waals surface area contributed by atoms with Gasteiger partial charge in [-0.1, -0.05) is 0 Å². The Kier molecular flexibility index (Phi) is 8.27. The van der Waals surface area contributed by atoms with Crippen LogP contribution in [0.4, 0.5) is 5.69 Å². The van der Waals surface area contributed by atoms with Crippen LogP contribution in [0.25, 0.3) is 0 Å². The molecule has 1 amide bonds. The van der Waals surface area contributed by atoms with E-state index in [0.717, 1.165) is 0 Å². The summed E-state index contributed by atoms with van der Waals surface area (Å²) < 4.78 is 23.8. The molecule has 0 radical (unpaired) electrons. The van der Waals surface area contributed by atoms with Crippen molar-refractivity contribution >= 4 is 24.9 Å². The van der Waals surface area contributed by atoms with Gasteiger partial charge < -0.3 is 9.05 Å². The van der Waals surface area contributed by atoms with E-state index in [0.29, 0.717) is 5.71 Å². The van der Waals surface area contributed by atoms with E-state index in [-0.39, 0.29) is 30.9 Å². The molecule has 0 atom stereocenters. The molecule has 0 saturated heterocycles. The summed E-state index contributed by atoms with van der Waals surface area (Å²) >= 11 is 0. The lowest BCUT2D eigenvalue weighted by Gasteiger charge is -2.32. The van der Waals surface area contributed by atoms with Crippen LogP contribution < -0.4 is 5.43 Å². The molecule has 0 aromatic heterocycles. The summed E-state index contributed by atoms with van der Waals surface area (Å²) in [4.78, 5) is 22.2. The number of hydrogen-bond acceptors (Lipinski definition) is 7. The molecular weight excluding hydrogens is 373 g/mol. The van der Waals surface area contributed by atoms with Crippen LogP contribution in [-0.4, -0.2) is 34.9 Å². The molecule has 0 spiro atoms. The molecule has 10 heteroatoms. The minimum absolute atomic E-state index is 0.101. The van der Waals surface area contributed by atoms with Gasteiger partial charge in [0, 0.05) is 29.8 Å². The highest BCUT2D eigenvalue weighted by atomic mass is 31.2. The smallest absolute Gasteiger partial charge is 0.308 e. The molecule has 0 unspecified atom stereocenters. The van der Waals surface area contributed by atoms with E-state index in [1.807, 2.05) is 0 Å². The van der Waals surface area contributed by atoms with E-state index >= 15 is 0 Å². The molecule has 1 rings (SSSR count).